The molecule has 3 heterocycles. The van der Waals surface area contributed by atoms with Crippen LogP contribution in [0.5, 0.6) is 5.75 Å². The number of nitrogens with one attached hydrogen (secondary N) is 1. The van der Waals surface area contributed by atoms with E-state index in [0.29, 0.717) is 6.54 Å². The standard InChI is InChI=1S/C32H34N6O2/c1-40-28-11-5-10-26(22-28)32-35-34-30-15-12-25-21-27(13-14-29(25)38(30)32)33-31(39)23-37-19-17-36(18-20-37)16-6-9-24-7-3-2-4-8-24/h2-11,13-14,21-22H,12,15-20,23H2,1H3,(H,33,39)/b9-6+. The Hall–Kier alpha value is -4.27. The van der Waals surface area contributed by atoms with E-state index >= 15 is 0 Å². The average molecular weight is 535 g/mol. The number of piperazine rings is 1. The summed E-state index contributed by atoms with van der Waals surface area (Å²) in [5.41, 5.74) is 5.23. The van der Waals surface area contributed by atoms with Gasteiger partial charge in [0.15, 0.2) is 5.82 Å². The van der Waals surface area contributed by atoms with Gasteiger partial charge in [-0.2, -0.15) is 0 Å². The summed E-state index contributed by atoms with van der Waals surface area (Å²) in [6.07, 6.45) is 6.04. The number of carbonyl (C=O) groups is 1. The van der Waals surface area contributed by atoms with Gasteiger partial charge >= 0.3 is 0 Å². The minimum atomic E-state index is 0.0234. The van der Waals surface area contributed by atoms with E-state index in [1.54, 1.807) is 7.11 Å². The van der Waals surface area contributed by atoms with Crippen molar-refractivity contribution >= 4 is 17.7 Å². The molecule has 1 fully saturated rings. The Labute approximate surface area is 234 Å². The lowest BCUT2D eigenvalue weighted by Crippen LogP contribution is -2.48. The number of hydrogen-bond acceptors (Lipinski definition) is 6. The number of aromatic nitrogens is 3. The lowest BCUT2D eigenvalue weighted by molar-refractivity contribution is -0.117. The summed E-state index contributed by atoms with van der Waals surface area (Å²) in [5, 5.41) is 12.1. The molecular weight excluding hydrogens is 500 g/mol. The summed E-state index contributed by atoms with van der Waals surface area (Å²) in [4.78, 5) is 17.6. The normalized spacial score (nSPS) is 15.5. The number of nitrogens with zero attached hydrogens (tertiary/aromatic N) is 5. The molecule has 40 heavy (non-hydrogen) atoms. The fraction of sp³-hybridized carbons (Fsp3) is 0.281. The molecule has 1 aromatic heterocycles. The molecule has 0 unspecified atom stereocenters. The van der Waals surface area contributed by atoms with E-state index in [-0.39, 0.29) is 5.91 Å². The molecule has 4 aromatic rings. The van der Waals surface area contributed by atoms with E-state index < -0.39 is 0 Å². The van der Waals surface area contributed by atoms with Gasteiger partial charge < -0.3 is 10.1 Å². The van der Waals surface area contributed by atoms with E-state index in [4.69, 9.17) is 4.74 Å². The minimum Gasteiger partial charge on any atom is -0.497 e. The van der Waals surface area contributed by atoms with Crippen molar-refractivity contribution in [3.63, 3.8) is 0 Å². The lowest BCUT2D eigenvalue weighted by atomic mass is 10.0. The molecule has 0 atom stereocenters. The largest absolute Gasteiger partial charge is 0.497 e. The van der Waals surface area contributed by atoms with Crippen molar-refractivity contribution in [3.8, 4) is 22.8 Å². The van der Waals surface area contributed by atoms with Crippen molar-refractivity contribution in [2.75, 3.05) is 51.7 Å². The van der Waals surface area contributed by atoms with Gasteiger partial charge in [0.1, 0.15) is 11.6 Å². The first-order chi connectivity index (χ1) is 19.7. The van der Waals surface area contributed by atoms with Gasteiger partial charge in [0, 0.05) is 50.4 Å². The molecule has 204 valence electrons. The molecule has 1 N–H and O–H groups in total. The number of aryl methyl sites for hydroxylation is 2. The maximum atomic E-state index is 12.9. The Morgan fingerprint density at radius 3 is 2.58 bits per heavy atom. The zero-order valence-corrected chi connectivity index (χ0v) is 22.8. The maximum absolute atomic E-state index is 12.9. The smallest absolute Gasteiger partial charge is 0.238 e. The zero-order chi connectivity index (χ0) is 27.3. The van der Waals surface area contributed by atoms with Crippen molar-refractivity contribution in [1.29, 1.82) is 0 Å². The van der Waals surface area contributed by atoms with Crippen molar-refractivity contribution in [2.24, 2.45) is 0 Å². The number of hydrogen-bond donors (Lipinski definition) is 1. The van der Waals surface area contributed by atoms with Crippen LogP contribution in [0.25, 0.3) is 23.2 Å². The van der Waals surface area contributed by atoms with Crippen LogP contribution in [0.3, 0.4) is 0 Å². The molecule has 0 spiro atoms. The molecule has 0 radical (unpaired) electrons. The Morgan fingerprint density at radius 1 is 0.925 bits per heavy atom. The van der Waals surface area contributed by atoms with E-state index in [1.807, 2.05) is 36.4 Å². The Kier molecular flexibility index (Phi) is 7.70. The Bertz CT molecular complexity index is 1510. The van der Waals surface area contributed by atoms with Gasteiger partial charge in [-0.1, -0.05) is 54.6 Å². The molecule has 3 aromatic carbocycles. The van der Waals surface area contributed by atoms with E-state index in [2.05, 4.69) is 78.4 Å². The predicted molar refractivity (Wildman–Crippen MR) is 158 cm³/mol. The molecule has 6 rings (SSSR count). The highest BCUT2D eigenvalue weighted by molar-refractivity contribution is 5.92. The number of anilines is 1. The van der Waals surface area contributed by atoms with Crippen molar-refractivity contribution in [3.05, 3.63) is 95.8 Å². The van der Waals surface area contributed by atoms with Gasteiger partial charge in [0.2, 0.25) is 5.91 Å². The first-order valence-electron chi connectivity index (χ1n) is 13.8. The minimum absolute atomic E-state index is 0.0234. The molecule has 0 bridgehead atoms. The number of carbonyl (C=O) groups excluding carboxylic acids is 1. The molecule has 0 aliphatic carbocycles. The Morgan fingerprint density at radius 2 is 1.75 bits per heavy atom. The molecule has 1 amide bonds. The van der Waals surface area contributed by atoms with Gasteiger partial charge in [-0.25, -0.2) is 0 Å². The molecule has 8 nitrogen and oxygen atoms in total. The topological polar surface area (TPSA) is 75.5 Å². The van der Waals surface area contributed by atoms with Gasteiger partial charge in [-0.3, -0.25) is 19.2 Å². The third-order valence-electron chi connectivity index (χ3n) is 7.59. The van der Waals surface area contributed by atoms with Gasteiger partial charge in [-0.05, 0) is 47.9 Å². The zero-order valence-electron chi connectivity index (χ0n) is 22.8. The van der Waals surface area contributed by atoms with Gasteiger partial charge in [-0.15, -0.1) is 10.2 Å². The molecule has 2 aliphatic rings. The molecule has 0 saturated carbocycles. The lowest BCUT2D eigenvalue weighted by Gasteiger charge is -2.33. The van der Waals surface area contributed by atoms with Crippen LogP contribution < -0.4 is 10.1 Å². The molecule has 1 saturated heterocycles. The second-order valence-electron chi connectivity index (χ2n) is 10.3. The Balaban J connectivity index is 1.05. The first-order valence-corrected chi connectivity index (χ1v) is 13.8. The fourth-order valence-electron chi connectivity index (χ4n) is 5.44. The summed E-state index contributed by atoms with van der Waals surface area (Å²) < 4.78 is 7.52. The quantitative estimate of drug-likeness (QED) is 0.363. The van der Waals surface area contributed by atoms with E-state index in [9.17, 15) is 4.79 Å². The van der Waals surface area contributed by atoms with Crippen LogP contribution in [0.1, 0.15) is 17.0 Å². The second-order valence-corrected chi connectivity index (χ2v) is 10.3. The highest BCUT2D eigenvalue weighted by Crippen LogP contribution is 2.32. The molecular formula is C32H34N6O2. The summed E-state index contributed by atoms with van der Waals surface area (Å²) >= 11 is 0. The number of methoxy groups -OCH3 is 1. The number of amides is 1. The van der Waals surface area contributed by atoms with Crippen molar-refractivity contribution in [1.82, 2.24) is 24.6 Å². The highest BCUT2D eigenvalue weighted by atomic mass is 16.5. The second kappa shape index (κ2) is 11.9. The summed E-state index contributed by atoms with van der Waals surface area (Å²) in [5.74, 6) is 2.54. The molecule has 2 aliphatic heterocycles. The summed E-state index contributed by atoms with van der Waals surface area (Å²) in [6, 6.07) is 24.4. The van der Waals surface area contributed by atoms with Crippen LogP contribution in [-0.2, 0) is 17.6 Å². The third kappa shape index (κ3) is 5.83. The number of benzene rings is 3. The monoisotopic (exact) mass is 534 g/mol. The summed E-state index contributed by atoms with van der Waals surface area (Å²) in [7, 11) is 1.66. The van der Waals surface area contributed by atoms with E-state index in [0.717, 1.165) is 79.9 Å². The number of fused-ring (bicyclic) bond motifs is 3. The molecule has 8 heteroatoms. The SMILES string of the molecule is COc1cccc(-c2nnc3n2-c2ccc(NC(=O)CN4CCN(C/C=C/c5ccccc5)CC4)cc2CC3)c1. The van der Waals surface area contributed by atoms with Crippen LogP contribution in [0, 0.1) is 0 Å². The van der Waals surface area contributed by atoms with Crippen LogP contribution in [0.4, 0.5) is 5.69 Å². The van der Waals surface area contributed by atoms with E-state index in [1.165, 1.54) is 11.1 Å². The first kappa shape index (κ1) is 26.0. The van der Waals surface area contributed by atoms with Crippen LogP contribution >= 0.6 is 0 Å². The predicted octanol–water partition coefficient (Wildman–Crippen LogP) is 4.31. The van der Waals surface area contributed by atoms with Crippen molar-refractivity contribution < 1.29 is 9.53 Å². The third-order valence-corrected chi connectivity index (χ3v) is 7.59. The van der Waals surface area contributed by atoms with Crippen LogP contribution in [0.2, 0.25) is 0 Å². The van der Waals surface area contributed by atoms with Crippen LogP contribution in [-0.4, -0.2) is 76.8 Å². The van der Waals surface area contributed by atoms with Crippen molar-refractivity contribution in [2.45, 2.75) is 12.8 Å². The van der Waals surface area contributed by atoms with Gasteiger partial charge in [0.05, 0.1) is 19.3 Å². The highest BCUT2D eigenvalue weighted by Gasteiger charge is 2.23. The van der Waals surface area contributed by atoms with Gasteiger partial charge in [0.25, 0.3) is 0 Å². The fourth-order valence-corrected chi connectivity index (χ4v) is 5.44. The number of ether oxygens (including phenoxy) is 1. The average Bonchev–Trinajstić information content (AvgIpc) is 3.43. The summed E-state index contributed by atoms with van der Waals surface area (Å²) in [6.45, 7) is 5.03. The number of rotatable bonds is 8. The van der Waals surface area contributed by atoms with Crippen LogP contribution in [0.15, 0.2) is 78.9 Å². The maximum Gasteiger partial charge on any atom is 0.238 e.